The Hall–Kier alpha value is -1.06. The summed E-state index contributed by atoms with van der Waals surface area (Å²) in [6.45, 7) is 3.02. The van der Waals surface area contributed by atoms with Gasteiger partial charge in [-0.2, -0.15) is 0 Å². The Kier molecular flexibility index (Phi) is 4.04. The highest BCUT2D eigenvalue weighted by Crippen LogP contribution is 2.33. The van der Waals surface area contributed by atoms with Crippen molar-refractivity contribution >= 4 is 26.7 Å². The summed E-state index contributed by atoms with van der Waals surface area (Å²) < 4.78 is 7.06. The molecule has 1 heterocycles. The van der Waals surface area contributed by atoms with Crippen molar-refractivity contribution in [1.29, 1.82) is 0 Å². The van der Waals surface area contributed by atoms with Gasteiger partial charge in [0.15, 0.2) is 0 Å². The van der Waals surface area contributed by atoms with Gasteiger partial charge in [-0.15, -0.1) is 0 Å². The number of ether oxygens (including phenoxy) is 1. The minimum atomic E-state index is 0.632. The molecule has 0 aliphatic carbocycles. The lowest BCUT2D eigenvalue weighted by Crippen LogP contribution is -2.33. The Morgan fingerprint density at radius 3 is 2.95 bits per heavy atom. The van der Waals surface area contributed by atoms with Crippen LogP contribution in [-0.2, 0) is 0 Å². The van der Waals surface area contributed by atoms with Gasteiger partial charge < -0.3 is 10.1 Å². The molecule has 2 aromatic rings. The zero-order valence-electron chi connectivity index (χ0n) is 10.9. The van der Waals surface area contributed by atoms with Crippen LogP contribution in [-0.4, -0.2) is 19.7 Å². The Balaban J connectivity index is 1.75. The maximum absolute atomic E-state index is 6.00. The Morgan fingerprint density at radius 1 is 1.21 bits per heavy atom. The topological polar surface area (TPSA) is 21.3 Å². The third-order valence-electron chi connectivity index (χ3n) is 3.70. The molecule has 1 atom stereocenters. The summed E-state index contributed by atoms with van der Waals surface area (Å²) in [5.41, 5.74) is 0. The lowest BCUT2D eigenvalue weighted by molar-refractivity contribution is 0.217. The van der Waals surface area contributed by atoms with Gasteiger partial charge in [0, 0.05) is 12.5 Å². The lowest BCUT2D eigenvalue weighted by Gasteiger charge is -2.23. The average molecular weight is 320 g/mol. The molecule has 0 bridgehead atoms. The Bertz CT molecular complexity index is 564. The fraction of sp³-hybridized carbons (Fsp3) is 0.375. The summed E-state index contributed by atoms with van der Waals surface area (Å²) >= 11 is 3.67. The molecule has 1 aliphatic heterocycles. The van der Waals surface area contributed by atoms with Crippen molar-refractivity contribution in [2.24, 2.45) is 5.92 Å². The van der Waals surface area contributed by atoms with Crippen molar-refractivity contribution in [3.63, 3.8) is 0 Å². The van der Waals surface area contributed by atoms with Gasteiger partial charge in [-0.05, 0) is 52.2 Å². The van der Waals surface area contributed by atoms with Gasteiger partial charge in [0.2, 0.25) is 0 Å². The first-order chi connectivity index (χ1) is 9.34. The fourth-order valence-electron chi connectivity index (χ4n) is 2.60. The van der Waals surface area contributed by atoms with E-state index in [0.717, 1.165) is 29.9 Å². The van der Waals surface area contributed by atoms with E-state index in [-0.39, 0.29) is 0 Å². The summed E-state index contributed by atoms with van der Waals surface area (Å²) in [7, 11) is 0. The summed E-state index contributed by atoms with van der Waals surface area (Å²) in [4.78, 5) is 0. The third kappa shape index (κ3) is 2.93. The highest BCUT2D eigenvalue weighted by atomic mass is 79.9. The average Bonchev–Trinajstić information content (AvgIpc) is 2.48. The summed E-state index contributed by atoms with van der Waals surface area (Å²) in [5, 5.41) is 5.87. The van der Waals surface area contributed by atoms with E-state index < -0.39 is 0 Å². The quantitative estimate of drug-likeness (QED) is 0.923. The molecule has 0 saturated carbocycles. The molecular formula is C16H18BrNO. The molecule has 1 N–H and O–H groups in total. The van der Waals surface area contributed by atoms with E-state index in [9.17, 15) is 0 Å². The molecule has 0 aromatic heterocycles. The van der Waals surface area contributed by atoms with E-state index >= 15 is 0 Å². The second-order valence-electron chi connectivity index (χ2n) is 5.12. The summed E-state index contributed by atoms with van der Waals surface area (Å²) in [6.07, 6.45) is 2.52. The first-order valence-electron chi connectivity index (χ1n) is 6.85. The van der Waals surface area contributed by atoms with Gasteiger partial charge in [-0.25, -0.2) is 0 Å². The van der Waals surface area contributed by atoms with Gasteiger partial charge in [-0.3, -0.25) is 0 Å². The maximum Gasteiger partial charge on any atom is 0.134 e. The maximum atomic E-state index is 6.00. The number of piperidine rings is 1. The highest BCUT2D eigenvalue weighted by molar-refractivity contribution is 9.10. The smallest absolute Gasteiger partial charge is 0.134 e. The van der Waals surface area contributed by atoms with Crippen molar-refractivity contribution in [2.75, 3.05) is 19.7 Å². The monoisotopic (exact) mass is 319 g/mol. The first kappa shape index (κ1) is 12.9. The molecule has 19 heavy (non-hydrogen) atoms. The Morgan fingerprint density at radius 2 is 2.11 bits per heavy atom. The predicted molar refractivity (Wildman–Crippen MR) is 82.7 cm³/mol. The predicted octanol–water partition coefficient (Wildman–Crippen LogP) is 3.98. The molecule has 1 unspecified atom stereocenters. The van der Waals surface area contributed by atoms with Crippen LogP contribution in [0.5, 0.6) is 5.75 Å². The van der Waals surface area contributed by atoms with Crippen molar-refractivity contribution in [2.45, 2.75) is 12.8 Å². The van der Waals surface area contributed by atoms with E-state index in [2.05, 4.69) is 57.6 Å². The van der Waals surface area contributed by atoms with Crippen LogP contribution in [0.25, 0.3) is 10.8 Å². The molecule has 0 amide bonds. The minimum Gasteiger partial charge on any atom is -0.492 e. The van der Waals surface area contributed by atoms with Gasteiger partial charge in [-0.1, -0.05) is 30.3 Å². The van der Waals surface area contributed by atoms with Gasteiger partial charge in [0.25, 0.3) is 0 Å². The normalized spacial score (nSPS) is 19.5. The minimum absolute atomic E-state index is 0.632. The molecular weight excluding hydrogens is 302 g/mol. The van der Waals surface area contributed by atoms with Crippen LogP contribution in [0.3, 0.4) is 0 Å². The zero-order valence-corrected chi connectivity index (χ0v) is 12.4. The molecule has 1 saturated heterocycles. The first-order valence-corrected chi connectivity index (χ1v) is 7.64. The lowest BCUT2D eigenvalue weighted by atomic mass is 10.0. The van der Waals surface area contributed by atoms with Crippen molar-refractivity contribution < 1.29 is 4.74 Å². The third-order valence-corrected chi connectivity index (χ3v) is 4.52. The van der Waals surface area contributed by atoms with E-state index in [0.29, 0.717) is 5.92 Å². The van der Waals surface area contributed by atoms with E-state index in [4.69, 9.17) is 4.74 Å². The molecule has 3 heteroatoms. The van der Waals surface area contributed by atoms with E-state index in [1.807, 2.05) is 0 Å². The molecule has 100 valence electrons. The zero-order chi connectivity index (χ0) is 13.1. The van der Waals surface area contributed by atoms with Gasteiger partial charge >= 0.3 is 0 Å². The van der Waals surface area contributed by atoms with Crippen molar-refractivity contribution in [3.05, 3.63) is 40.9 Å². The number of halogens is 1. The standard InChI is InChI=1S/C16H18BrNO/c17-16-14-6-2-1-5-13(14)7-8-15(16)19-11-12-4-3-9-18-10-12/h1-2,5-8,12,18H,3-4,9-11H2. The van der Waals surface area contributed by atoms with Crippen molar-refractivity contribution in [3.8, 4) is 5.75 Å². The number of nitrogens with one attached hydrogen (secondary N) is 1. The van der Waals surface area contributed by atoms with Crippen LogP contribution < -0.4 is 10.1 Å². The molecule has 2 aromatic carbocycles. The molecule has 2 nitrogen and oxygen atoms in total. The molecule has 0 spiro atoms. The van der Waals surface area contributed by atoms with Crippen LogP contribution in [0, 0.1) is 5.92 Å². The molecule has 3 rings (SSSR count). The van der Waals surface area contributed by atoms with Crippen LogP contribution >= 0.6 is 15.9 Å². The van der Waals surface area contributed by atoms with Gasteiger partial charge in [0.1, 0.15) is 5.75 Å². The van der Waals surface area contributed by atoms with Gasteiger partial charge in [0.05, 0.1) is 11.1 Å². The van der Waals surface area contributed by atoms with Crippen LogP contribution in [0.4, 0.5) is 0 Å². The van der Waals surface area contributed by atoms with Crippen LogP contribution in [0.2, 0.25) is 0 Å². The number of hydrogen-bond acceptors (Lipinski definition) is 2. The van der Waals surface area contributed by atoms with E-state index in [1.54, 1.807) is 0 Å². The van der Waals surface area contributed by atoms with Crippen LogP contribution in [0.15, 0.2) is 40.9 Å². The Labute approximate surface area is 122 Å². The number of benzene rings is 2. The van der Waals surface area contributed by atoms with E-state index in [1.165, 1.54) is 23.6 Å². The second kappa shape index (κ2) is 5.93. The molecule has 1 aliphatic rings. The largest absolute Gasteiger partial charge is 0.492 e. The van der Waals surface area contributed by atoms with Crippen molar-refractivity contribution in [1.82, 2.24) is 5.32 Å². The summed E-state index contributed by atoms with van der Waals surface area (Å²) in [6, 6.07) is 12.5. The number of fused-ring (bicyclic) bond motifs is 1. The number of hydrogen-bond donors (Lipinski definition) is 1. The second-order valence-corrected chi connectivity index (χ2v) is 5.92. The summed E-state index contributed by atoms with van der Waals surface area (Å²) in [5.74, 6) is 1.58. The number of rotatable bonds is 3. The molecule has 0 radical (unpaired) electrons. The highest BCUT2D eigenvalue weighted by Gasteiger charge is 2.14. The molecule has 1 fully saturated rings. The van der Waals surface area contributed by atoms with Crippen LogP contribution in [0.1, 0.15) is 12.8 Å². The SMILES string of the molecule is Brc1c(OCC2CCCNC2)ccc2ccccc12. The fourth-order valence-corrected chi connectivity index (χ4v) is 3.21.